The lowest BCUT2D eigenvalue weighted by molar-refractivity contribution is 0.266. The largest absolute Gasteiger partial charge is 0.396 e. The van der Waals surface area contributed by atoms with Crippen molar-refractivity contribution in [2.45, 2.75) is 19.4 Å². The average Bonchev–Trinajstić information content (AvgIpc) is 2.30. The summed E-state index contributed by atoms with van der Waals surface area (Å²) in [6, 6.07) is 9.01. The molecule has 16 heavy (non-hydrogen) atoms. The number of aryl methyl sites for hydroxylation is 1. The highest BCUT2D eigenvalue weighted by Gasteiger charge is 2.21. The lowest BCUT2D eigenvalue weighted by Gasteiger charge is -2.38. The number of aliphatic hydroxyl groups is 1. The van der Waals surface area contributed by atoms with Crippen LogP contribution in [0.2, 0.25) is 0 Å². The number of hydrogen-bond acceptors (Lipinski definition) is 3. The van der Waals surface area contributed by atoms with Gasteiger partial charge in [0, 0.05) is 38.0 Å². The topological polar surface area (TPSA) is 35.5 Å². The lowest BCUT2D eigenvalue weighted by Crippen LogP contribution is -2.51. The summed E-state index contributed by atoms with van der Waals surface area (Å²) in [5.41, 5.74) is 2.57. The highest BCUT2D eigenvalue weighted by molar-refractivity contribution is 5.49. The van der Waals surface area contributed by atoms with Crippen molar-refractivity contribution in [1.29, 1.82) is 0 Å². The number of nitrogens with one attached hydrogen (secondary N) is 1. The molecule has 1 aromatic carbocycles. The van der Waals surface area contributed by atoms with Crippen molar-refractivity contribution in [3.8, 4) is 0 Å². The quantitative estimate of drug-likeness (QED) is 0.802. The monoisotopic (exact) mass is 220 g/mol. The Morgan fingerprint density at radius 2 is 2.38 bits per heavy atom. The van der Waals surface area contributed by atoms with E-state index in [0.29, 0.717) is 6.04 Å². The van der Waals surface area contributed by atoms with Gasteiger partial charge in [0.1, 0.15) is 0 Å². The minimum absolute atomic E-state index is 0.259. The van der Waals surface area contributed by atoms with Crippen LogP contribution in [0, 0.1) is 6.92 Å². The first-order valence-electron chi connectivity index (χ1n) is 5.96. The van der Waals surface area contributed by atoms with Crippen LogP contribution < -0.4 is 10.2 Å². The molecule has 0 saturated carbocycles. The maximum atomic E-state index is 9.08. The van der Waals surface area contributed by atoms with Crippen LogP contribution >= 0.6 is 0 Å². The summed E-state index contributed by atoms with van der Waals surface area (Å²) in [6.45, 7) is 5.39. The zero-order valence-electron chi connectivity index (χ0n) is 9.82. The minimum Gasteiger partial charge on any atom is -0.396 e. The molecule has 1 aliphatic rings. The second-order valence-electron chi connectivity index (χ2n) is 4.40. The minimum atomic E-state index is 0.259. The molecule has 2 rings (SSSR count). The fourth-order valence-electron chi connectivity index (χ4n) is 2.31. The summed E-state index contributed by atoms with van der Waals surface area (Å²) >= 11 is 0. The highest BCUT2D eigenvalue weighted by atomic mass is 16.3. The van der Waals surface area contributed by atoms with Crippen LogP contribution in [-0.4, -0.2) is 37.4 Å². The average molecular weight is 220 g/mol. The number of benzene rings is 1. The van der Waals surface area contributed by atoms with Crippen molar-refractivity contribution in [3.05, 3.63) is 29.8 Å². The number of aliphatic hydroxyl groups excluding tert-OH is 1. The van der Waals surface area contributed by atoms with Crippen molar-refractivity contribution in [2.75, 3.05) is 31.1 Å². The Hall–Kier alpha value is -1.06. The Balaban J connectivity index is 2.16. The van der Waals surface area contributed by atoms with E-state index in [1.807, 2.05) is 0 Å². The maximum Gasteiger partial charge on any atom is 0.0451 e. The fourth-order valence-corrected chi connectivity index (χ4v) is 2.31. The van der Waals surface area contributed by atoms with Crippen molar-refractivity contribution in [3.63, 3.8) is 0 Å². The molecule has 1 fully saturated rings. The molecule has 0 aliphatic carbocycles. The molecule has 1 aromatic rings. The van der Waals surface area contributed by atoms with Crippen LogP contribution in [0.25, 0.3) is 0 Å². The predicted molar refractivity (Wildman–Crippen MR) is 66.9 cm³/mol. The molecule has 3 heteroatoms. The van der Waals surface area contributed by atoms with E-state index in [4.69, 9.17) is 5.11 Å². The number of hydrogen-bond donors (Lipinski definition) is 2. The summed E-state index contributed by atoms with van der Waals surface area (Å²) in [6.07, 6.45) is 0.834. The lowest BCUT2D eigenvalue weighted by atomic mass is 10.1. The first-order valence-corrected chi connectivity index (χ1v) is 5.96. The second kappa shape index (κ2) is 5.32. The Kier molecular flexibility index (Phi) is 3.80. The van der Waals surface area contributed by atoms with E-state index in [1.54, 1.807) is 0 Å². The number of anilines is 1. The fraction of sp³-hybridized carbons (Fsp3) is 0.538. The Morgan fingerprint density at radius 1 is 1.50 bits per heavy atom. The smallest absolute Gasteiger partial charge is 0.0451 e. The summed E-state index contributed by atoms with van der Waals surface area (Å²) < 4.78 is 0. The number of nitrogens with zero attached hydrogens (tertiary/aromatic N) is 1. The van der Waals surface area contributed by atoms with E-state index in [1.165, 1.54) is 11.3 Å². The summed E-state index contributed by atoms with van der Waals surface area (Å²) in [5.74, 6) is 0. The van der Waals surface area contributed by atoms with Gasteiger partial charge in [0.15, 0.2) is 0 Å². The zero-order chi connectivity index (χ0) is 11.4. The van der Waals surface area contributed by atoms with Crippen molar-refractivity contribution < 1.29 is 5.11 Å². The molecule has 1 heterocycles. The third-order valence-electron chi connectivity index (χ3n) is 3.15. The summed E-state index contributed by atoms with van der Waals surface area (Å²) in [4.78, 5) is 2.40. The van der Waals surface area contributed by atoms with E-state index in [2.05, 4.69) is 41.4 Å². The van der Waals surface area contributed by atoms with Gasteiger partial charge in [-0.25, -0.2) is 0 Å². The first-order chi connectivity index (χ1) is 7.81. The van der Waals surface area contributed by atoms with Crippen molar-refractivity contribution >= 4 is 5.69 Å². The Labute approximate surface area is 97.1 Å². The highest BCUT2D eigenvalue weighted by Crippen LogP contribution is 2.20. The van der Waals surface area contributed by atoms with Gasteiger partial charge in [0.2, 0.25) is 0 Å². The second-order valence-corrected chi connectivity index (χ2v) is 4.40. The third kappa shape index (κ3) is 2.54. The van der Waals surface area contributed by atoms with Gasteiger partial charge in [-0.3, -0.25) is 0 Å². The molecule has 0 bridgehead atoms. The molecular formula is C13H20N2O. The maximum absolute atomic E-state index is 9.08. The number of piperazine rings is 1. The van der Waals surface area contributed by atoms with Crippen molar-refractivity contribution in [2.24, 2.45) is 0 Å². The van der Waals surface area contributed by atoms with Gasteiger partial charge in [0.05, 0.1) is 0 Å². The van der Waals surface area contributed by atoms with Gasteiger partial charge >= 0.3 is 0 Å². The molecule has 1 aliphatic heterocycles. The predicted octanol–water partition coefficient (Wildman–Crippen LogP) is 1.16. The molecule has 0 amide bonds. The van der Waals surface area contributed by atoms with Gasteiger partial charge < -0.3 is 15.3 Å². The van der Waals surface area contributed by atoms with E-state index < -0.39 is 0 Å². The SMILES string of the molecule is Cc1cccc(N2CCNCC2CCO)c1. The van der Waals surface area contributed by atoms with Crippen LogP contribution in [0.4, 0.5) is 5.69 Å². The molecular weight excluding hydrogens is 200 g/mol. The third-order valence-corrected chi connectivity index (χ3v) is 3.15. The van der Waals surface area contributed by atoms with Gasteiger partial charge in [-0.1, -0.05) is 12.1 Å². The van der Waals surface area contributed by atoms with Gasteiger partial charge in [-0.15, -0.1) is 0 Å². The molecule has 1 unspecified atom stereocenters. The van der Waals surface area contributed by atoms with E-state index in [-0.39, 0.29) is 6.61 Å². The van der Waals surface area contributed by atoms with E-state index in [9.17, 15) is 0 Å². The molecule has 0 radical (unpaired) electrons. The van der Waals surface area contributed by atoms with Crippen LogP contribution in [0.5, 0.6) is 0 Å². The summed E-state index contributed by atoms with van der Waals surface area (Å²) in [7, 11) is 0. The normalized spacial score (nSPS) is 21.1. The van der Waals surface area contributed by atoms with Crippen LogP contribution in [0.3, 0.4) is 0 Å². The van der Waals surface area contributed by atoms with Crippen LogP contribution in [0.15, 0.2) is 24.3 Å². The van der Waals surface area contributed by atoms with Crippen molar-refractivity contribution in [1.82, 2.24) is 5.32 Å². The standard InChI is InChI=1S/C13H20N2O/c1-11-3-2-4-12(9-11)15-7-6-14-10-13(15)5-8-16/h2-4,9,13-14,16H,5-8,10H2,1H3. The number of rotatable bonds is 3. The van der Waals surface area contributed by atoms with Crippen LogP contribution in [-0.2, 0) is 0 Å². The van der Waals surface area contributed by atoms with E-state index in [0.717, 1.165) is 26.1 Å². The first kappa shape index (κ1) is 11.4. The molecule has 88 valence electrons. The Bertz CT molecular complexity index is 338. The molecule has 2 N–H and O–H groups in total. The van der Waals surface area contributed by atoms with Crippen LogP contribution in [0.1, 0.15) is 12.0 Å². The molecule has 0 spiro atoms. The molecule has 1 atom stereocenters. The Morgan fingerprint density at radius 3 is 3.12 bits per heavy atom. The molecule has 3 nitrogen and oxygen atoms in total. The van der Waals surface area contributed by atoms with Gasteiger partial charge in [-0.2, -0.15) is 0 Å². The van der Waals surface area contributed by atoms with Gasteiger partial charge in [-0.05, 0) is 31.0 Å². The van der Waals surface area contributed by atoms with E-state index >= 15 is 0 Å². The molecule has 1 saturated heterocycles. The zero-order valence-corrected chi connectivity index (χ0v) is 9.82. The van der Waals surface area contributed by atoms with Gasteiger partial charge in [0.25, 0.3) is 0 Å². The molecule has 0 aromatic heterocycles. The summed E-state index contributed by atoms with van der Waals surface area (Å²) in [5, 5.41) is 12.5.